The largest absolute Gasteiger partial charge is 0.382 e. The first-order valence-corrected chi connectivity index (χ1v) is 13.9. The molecule has 2 unspecified atom stereocenters. The zero-order valence-electron chi connectivity index (χ0n) is 20.2. The Hall–Kier alpha value is -3.87. The average molecular weight is 525 g/mol. The van der Waals surface area contributed by atoms with Crippen LogP contribution in [0.1, 0.15) is 53.7 Å². The lowest BCUT2D eigenvalue weighted by Crippen LogP contribution is -2.46. The van der Waals surface area contributed by atoms with E-state index in [9.17, 15) is 17.6 Å². The molecule has 2 bridgehead atoms. The van der Waals surface area contributed by atoms with Crippen molar-refractivity contribution in [3.05, 3.63) is 53.6 Å². The number of hydrogen-bond donors (Lipinski definition) is 2. The summed E-state index contributed by atoms with van der Waals surface area (Å²) in [5.74, 6) is -0.146. The van der Waals surface area contributed by atoms with Crippen LogP contribution >= 0.6 is 0 Å². The summed E-state index contributed by atoms with van der Waals surface area (Å²) in [5.41, 5.74) is 8.48. The molecule has 2 saturated heterocycles. The number of hydrogen-bond acceptors (Lipinski definition) is 8. The molecule has 11 nitrogen and oxygen atoms in total. The zero-order valence-corrected chi connectivity index (χ0v) is 21.0. The zero-order chi connectivity index (χ0) is 26.1. The number of carbonyl (C=O) groups is 1. The maximum absolute atomic E-state index is 13.5. The summed E-state index contributed by atoms with van der Waals surface area (Å²) < 4.78 is 40.7. The van der Waals surface area contributed by atoms with Gasteiger partial charge in [0.15, 0.2) is 15.5 Å². The van der Waals surface area contributed by atoms with Crippen LogP contribution in [0.5, 0.6) is 0 Å². The Morgan fingerprint density at radius 1 is 1.14 bits per heavy atom. The molecule has 0 aliphatic carbocycles. The number of H-pyrrole nitrogens is 1. The van der Waals surface area contributed by atoms with E-state index < -0.39 is 9.84 Å². The van der Waals surface area contributed by atoms with E-state index in [0.29, 0.717) is 41.1 Å². The van der Waals surface area contributed by atoms with Crippen molar-refractivity contribution >= 4 is 27.2 Å². The monoisotopic (exact) mass is 524 g/mol. The first kappa shape index (κ1) is 23.5. The van der Waals surface area contributed by atoms with Crippen molar-refractivity contribution in [3.63, 3.8) is 0 Å². The van der Waals surface area contributed by atoms with E-state index in [1.807, 2.05) is 4.90 Å². The Morgan fingerprint density at radius 2 is 1.81 bits per heavy atom. The number of piperidine rings is 1. The van der Waals surface area contributed by atoms with Crippen LogP contribution in [-0.4, -0.2) is 67.3 Å². The van der Waals surface area contributed by atoms with Crippen molar-refractivity contribution in [1.82, 2.24) is 34.7 Å². The third kappa shape index (κ3) is 3.84. The molecule has 1 aromatic carbocycles. The van der Waals surface area contributed by atoms with Crippen molar-refractivity contribution in [2.45, 2.75) is 55.5 Å². The van der Waals surface area contributed by atoms with Gasteiger partial charge in [0, 0.05) is 29.8 Å². The molecule has 3 N–H and O–H groups in total. The maximum Gasteiger partial charge on any atom is 0.294 e. The minimum absolute atomic E-state index is 0.0158. The van der Waals surface area contributed by atoms with E-state index in [4.69, 9.17) is 10.7 Å². The highest BCUT2D eigenvalue weighted by molar-refractivity contribution is 7.91. The molecule has 1 amide bonds. The second-order valence-electron chi connectivity index (χ2n) is 9.79. The molecule has 3 aromatic heterocycles. The highest BCUT2D eigenvalue weighted by atomic mass is 32.2. The summed E-state index contributed by atoms with van der Waals surface area (Å²) in [5, 5.41) is 11.0. The Morgan fingerprint density at radius 3 is 2.41 bits per heavy atom. The quantitative estimate of drug-likeness (QED) is 0.413. The topological polar surface area (TPSA) is 152 Å². The predicted molar refractivity (Wildman–Crippen MR) is 132 cm³/mol. The minimum atomic E-state index is -3.75. The number of nitrogens with one attached hydrogen (secondary N) is 1. The molecule has 13 heteroatoms. The van der Waals surface area contributed by atoms with Gasteiger partial charge in [-0.05, 0) is 50.3 Å². The number of sulfone groups is 1. The average Bonchev–Trinajstić information content (AvgIpc) is 3.54. The number of halogens is 1. The van der Waals surface area contributed by atoms with Crippen LogP contribution in [0.15, 0.2) is 35.4 Å². The van der Waals surface area contributed by atoms with Gasteiger partial charge < -0.3 is 10.6 Å². The van der Waals surface area contributed by atoms with Crippen molar-refractivity contribution < 1.29 is 17.6 Å². The molecule has 4 aromatic rings. The molecule has 37 heavy (non-hydrogen) atoms. The van der Waals surface area contributed by atoms with Gasteiger partial charge in [0.2, 0.25) is 5.82 Å². The molecular weight excluding hydrogens is 499 g/mol. The number of nitrogen functional groups attached to an aromatic ring is 1. The highest BCUT2D eigenvalue weighted by Gasteiger charge is 2.46. The van der Waals surface area contributed by atoms with Crippen LogP contribution in [-0.2, 0) is 9.84 Å². The van der Waals surface area contributed by atoms with Gasteiger partial charge in [0.1, 0.15) is 22.4 Å². The van der Waals surface area contributed by atoms with E-state index in [0.717, 1.165) is 19.1 Å². The molecule has 0 spiro atoms. The van der Waals surface area contributed by atoms with Crippen LogP contribution in [0.25, 0.3) is 16.8 Å². The lowest BCUT2D eigenvalue weighted by Gasteiger charge is -2.38. The highest BCUT2D eigenvalue weighted by Crippen LogP contribution is 2.45. The van der Waals surface area contributed by atoms with E-state index in [-0.39, 0.29) is 46.3 Å². The smallest absolute Gasteiger partial charge is 0.294 e. The van der Waals surface area contributed by atoms with Gasteiger partial charge in [0.05, 0.1) is 11.9 Å². The van der Waals surface area contributed by atoms with Crippen LogP contribution in [0.2, 0.25) is 0 Å². The number of nitrogens with zero attached hydrogens (tertiary/aromatic N) is 6. The summed E-state index contributed by atoms with van der Waals surface area (Å²) in [7, 11) is -3.75. The number of amides is 1. The fourth-order valence-corrected chi connectivity index (χ4v) is 6.85. The van der Waals surface area contributed by atoms with Crippen molar-refractivity contribution in [1.29, 1.82) is 0 Å². The molecule has 0 radical (unpaired) electrons. The maximum atomic E-state index is 13.5. The normalized spacial score (nSPS) is 21.6. The van der Waals surface area contributed by atoms with Crippen molar-refractivity contribution in [3.8, 4) is 11.1 Å². The van der Waals surface area contributed by atoms with Crippen LogP contribution < -0.4 is 5.73 Å². The van der Waals surface area contributed by atoms with E-state index in [2.05, 4.69) is 20.3 Å². The lowest BCUT2D eigenvalue weighted by molar-refractivity contribution is 0.0556. The minimum Gasteiger partial charge on any atom is -0.382 e. The van der Waals surface area contributed by atoms with Gasteiger partial charge in [-0.25, -0.2) is 22.8 Å². The number of benzene rings is 1. The fourth-order valence-electron chi connectivity index (χ4n) is 5.79. The molecule has 2 aliphatic heterocycles. The van der Waals surface area contributed by atoms with Gasteiger partial charge in [-0.2, -0.15) is 9.61 Å². The van der Waals surface area contributed by atoms with Crippen molar-refractivity contribution in [2.75, 3.05) is 12.0 Å². The number of rotatable bonds is 4. The SMILES string of the molecule is Cc1nc(C(=O)N2C3CCC2CC(c2nc4c(-c5ccc(F)cc5)cnn4c(N)c2S(C)(=O)=O)C3)n[nH]1. The molecule has 5 heterocycles. The van der Waals surface area contributed by atoms with Gasteiger partial charge in [-0.1, -0.05) is 12.1 Å². The Bertz CT molecular complexity index is 1630. The fraction of sp³-hybridized carbons (Fsp3) is 0.375. The lowest BCUT2D eigenvalue weighted by atomic mass is 9.87. The molecule has 192 valence electrons. The number of aryl methyl sites for hydroxylation is 1. The van der Waals surface area contributed by atoms with E-state index >= 15 is 0 Å². The molecule has 2 fully saturated rings. The summed E-state index contributed by atoms with van der Waals surface area (Å²) in [6.07, 6.45) is 5.34. The van der Waals surface area contributed by atoms with Gasteiger partial charge >= 0.3 is 0 Å². The molecule has 2 atom stereocenters. The standard InChI is InChI=1S/C24H25FN8O3S/c1-12-28-22(31-30-12)24(34)32-16-7-8-17(32)10-14(9-16)19-20(37(2,35)36)21(26)33-23(29-19)18(11-27-33)13-3-5-15(25)6-4-13/h3-6,11,14,16-17H,7-10,26H2,1-2H3,(H,28,30,31). The number of aromatic nitrogens is 6. The predicted octanol–water partition coefficient (Wildman–Crippen LogP) is 2.50. The first-order valence-electron chi connectivity index (χ1n) is 12.0. The summed E-state index contributed by atoms with van der Waals surface area (Å²) in [4.78, 5) is 24.0. The molecule has 0 saturated carbocycles. The Labute approximate surface area is 211 Å². The molecule has 2 aliphatic rings. The molecule has 6 rings (SSSR count). The second kappa shape index (κ2) is 8.33. The summed E-state index contributed by atoms with van der Waals surface area (Å²) in [6, 6.07) is 5.72. The van der Waals surface area contributed by atoms with Crippen molar-refractivity contribution in [2.24, 2.45) is 0 Å². The third-order valence-electron chi connectivity index (χ3n) is 7.33. The van der Waals surface area contributed by atoms with Crippen LogP contribution in [0.3, 0.4) is 0 Å². The van der Waals surface area contributed by atoms with E-state index in [1.54, 1.807) is 25.3 Å². The Kier molecular flexibility index (Phi) is 5.30. The third-order valence-corrected chi connectivity index (χ3v) is 8.49. The molecular formula is C24H25FN8O3S. The number of nitrogens with two attached hydrogens (primary N) is 1. The number of carbonyl (C=O) groups excluding carboxylic acids is 1. The van der Waals surface area contributed by atoms with Gasteiger partial charge in [-0.15, -0.1) is 5.10 Å². The number of fused-ring (bicyclic) bond motifs is 3. The summed E-state index contributed by atoms with van der Waals surface area (Å²) in [6.45, 7) is 1.74. The Balaban J connectivity index is 1.43. The van der Waals surface area contributed by atoms with Crippen LogP contribution in [0.4, 0.5) is 10.2 Å². The number of anilines is 1. The first-order chi connectivity index (χ1) is 17.6. The second-order valence-corrected chi connectivity index (χ2v) is 11.7. The number of aromatic amines is 1. The van der Waals surface area contributed by atoms with Gasteiger partial charge in [0.25, 0.3) is 5.91 Å². The summed E-state index contributed by atoms with van der Waals surface area (Å²) >= 11 is 0. The van der Waals surface area contributed by atoms with E-state index in [1.165, 1.54) is 16.6 Å². The van der Waals surface area contributed by atoms with Gasteiger partial charge in [-0.3, -0.25) is 9.89 Å². The van der Waals surface area contributed by atoms with Crippen LogP contribution in [0, 0.1) is 12.7 Å².